The summed E-state index contributed by atoms with van der Waals surface area (Å²) in [5.41, 5.74) is 1.15. The van der Waals surface area contributed by atoms with E-state index >= 15 is 0 Å². The number of ether oxygens (including phenoxy) is 1. The van der Waals surface area contributed by atoms with Crippen molar-refractivity contribution in [3.63, 3.8) is 0 Å². The molecule has 180 valence electrons. The minimum Gasteiger partial charge on any atom is -0.494 e. The highest BCUT2D eigenvalue weighted by Gasteiger charge is 2.29. The largest absolute Gasteiger partial charge is 0.494 e. The maximum absolute atomic E-state index is 13.3. The Labute approximate surface area is 206 Å². The molecule has 0 aliphatic carbocycles. The third-order valence-electron chi connectivity index (χ3n) is 4.75. The molecule has 0 aliphatic heterocycles. The van der Waals surface area contributed by atoms with E-state index in [4.69, 9.17) is 9.15 Å². The number of hydrogen-bond acceptors (Lipinski definition) is 7. The van der Waals surface area contributed by atoms with Gasteiger partial charge in [-0.3, -0.25) is 4.79 Å². The molecule has 0 aliphatic rings. The molecular formula is C25H21FN2O5S2. The summed E-state index contributed by atoms with van der Waals surface area (Å²) in [5.74, 6) is -0.259. The van der Waals surface area contributed by atoms with Gasteiger partial charge in [-0.15, -0.1) is 0 Å². The molecule has 0 fully saturated rings. The van der Waals surface area contributed by atoms with Gasteiger partial charge in [0.05, 0.1) is 17.3 Å². The predicted octanol–water partition coefficient (Wildman–Crippen LogP) is 5.44. The second-order valence-corrected chi connectivity index (χ2v) is 10.0. The quantitative estimate of drug-likeness (QED) is 0.235. The van der Waals surface area contributed by atoms with E-state index in [9.17, 15) is 17.6 Å². The maximum atomic E-state index is 13.3. The van der Waals surface area contributed by atoms with Crippen LogP contribution in [0.25, 0.3) is 11.5 Å². The van der Waals surface area contributed by atoms with E-state index in [1.807, 2.05) is 13.0 Å². The Morgan fingerprint density at radius 3 is 2.37 bits per heavy atom. The van der Waals surface area contributed by atoms with Gasteiger partial charge in [-0.05, 0) is 67.6 Å². The number of thioether (sulfide) groups is 1. The van der Waals surface area contributed by atoms with Crippen LogP contribution in [0.3, 0.4) is 0 Å². The van der Waals surface area contributed by atoms with Crippen LogP contribution in [-0.4, -0.2) is 31.7 Å². The van der Waals surface area contributed by atoms with Gasteiger partial charge in [0.2, 0.25) is 31.8 Å². The van der Waals surface area contributed by atoms with Crippen LogP contribution < -0.4 is 10.1 Å². The molecule has 0 radical (unpaired) electrons. The van der Waals surface area contributed by atoms with Gasteiger partial charge in [-0.25, -0.2) is 12.8 Å². The zero-order valence-corrected chi connectivity index (χ0v) is 20.2. The zero-order valence-electron chi connectivity index (χ0n) is 18.6. The van der Waals surface area contributed by atoms with Crippen LogP contribution in [0.4, 0.5) is 10.1 Å². The Bertz CT molecular complexity index is 1400. The molecule has 0 atom stereocenters. The van der Waals surface area contributed by atoms with Gasteiger partial charge >= 0.3 is 0 Å². The fraction of sp³-hybridized carbons (Fsp3) is 0.120. The summed E-state index contributed by atoms with van der Waals surface area (Å²) in [6.45, 7) is 2.41. The average Bonchev–Trinajstić information content (AvgIpc) is 3.30. The molecule has 0 unspecified atom stereocenters. The zero-order chi connectivity index (χ0) is 24.8. The van der Waals surface area contributed by atoms with Gasteiger partial charge in [-0.1, -0.05) is 30.0 Å². The molecule has 1 N–H and O–H groups in total. The Hall–Kier alpha value is -3.63. The number of benzene rings is 3. The first-order valence-corrected chi connectivity index (χ1v) is 13.1. The molecule has 0 saturated heterocycles. The number of nitrogens with one attached hydrogen (secondary N) is 1. The monoisotopic (exact) mass is 512 g/mol. The van der Waals surface area contributed by atoms with Crippen LogP contribution in [0.5, 0.6) is 5.75 Å². The highest BCUT2D eigenvalue weighted by molar-refractivity contribution is 8.00. The van der Waals surface area contributed by atoms with Crippen molar-refractivity contribution < 1.29 is 26.8 Å². The van der Waals surface area contributed by atoms with E-state index in [0.29, 0.717) is 23.6 Å². The van der Waals surface area contributed by atoms with E-state index in [1.54, 1.807) is 48.5 Å². The Morgan fingerprint density at radius 1 is 1.03 bits per heavy atom. The molecule has 1 aromatic heterocycles. The molecule has 4 aromatic rings. The lowest BCUT2D eigenvalue weighted by molar-refractivity contribution is -0.113. The SMILES string of the molecule is CCOc1ccc(NC(=O)CSc2oc(-c3ccccc3)nc2S(=O)(=O)c2ccc(F)cc2)cc1. The topological polar surface area (TPSA) is 98.5 Å². The predicted molar refractivity (Wildman–Crippen MR) is 131 cm³/mol. The summed E-state index contributed by atoms with van der Waals surface area (Å²) in [6.07, 6.45) is 0. The number of anilines is 1. The van der Waals surface area contributed by atoms with E-state index in [1.165, 1.54) is 0 Å². The van der Waals surface area contributed by atoms with Gasteiger partial charge < -0.3 is 14.5 Å². The van der Waals surface area contributed by atoms with Crippen molar-refractivity contribution in [3.05, 3.63) is 84.7 Å². The Kier molecular flexibility index (Phi) is 7.52. The van der Waals surface area contributed by atoms with Crippen molar-refractivity contribution in [2.24, 2.45) is 0 Å². The van der Waals surface area contributed by atoms with Crippen molar-refractivity contribution in [3.8, 4) is 17.2 Å². The number of sulfone groups is 1. The number of rotatable bonds is 9. The van der Waals surface area contributed by atoms with Crippen molar-refractivity contribution in [2.45, 2.75) is 21.9 Å². The first-order chi connectivity index (χ1) is 16.9. The van der Waals surface area contributed by atoms with Crippen LogP contribution in [-0.2, 0) is 14.6 Å². The fourth-order valence-corrected chi connectivity index (χ4v) is 5.44. The lowest BCUT2D eigenvalue weighted by atomic mass is 10.2. The second kappa shape index (κ2) is 10.7. The van der Waals surface area contributed by atoms with Crippen LogP contribution in [0.15, 0.2) is 98.3 Å². The molecule has 0 saturated carbocycles. The molecular weight excluding hydrogens is 491 g/mol. The number of halogens is 1. The van der Waals surface area contributed by atoms with E-state index in [2.05, 4.69) is 10.3 Å². The average molecular weight is 513 g/mol. The number of nitrogens with zero attached hydrogens (tertiary/aromatic N) is 1. The second-order valence-electron chi connectivity index (χ2n) is 7.23. The minimum absolute atomic E-state index is 0.0324. The smallest absolute Gasteiger partial charge is 0.234 e. The van der Waals surface area contributed by atoms with E-state index < -0.39 is 15.7 Å². The first-order valence-electron chi connectivity index (χ1n) is 10.6. The summed E-state index contributed by atoms with van der Waals surface area (Å²) in [6, 6.07) is 20.1. The molecule has 7 nitrogen and oxygen atoms in total. The third kappa shape index (κ3) is 5.90. The number of oxazole rings is 1. The van der Waals surface area contributed by atoms with E-state index in [0.717, 1.165) is 36.0 Å². The van der Waals surface area contributed by atoms with Crippen LogP contribution >= 0.6 is 11.8 Å². The summed E-state index contributed by atoms with van der Waals surface area (Å²) in [5, 5.41) is 2.38. The highest BCUT2D eigenvalue weighted by atomic mass is 32.2. The Morgan fingerprint density at radius 2 is 1.71 bits per heavy atom. The van der Waals surface area contributed by atoms with Crippen molar-refractivity contribution in [1.29, 1.82) is 0 Å². The summed E-state index contributed by atoms with van der Waals surface area (Å²) in [7, 11) is -4.13. The molecule has 10 heteroatoms. The number of carbonyl (C=O) groups excluding carboxylic acids is 1. The van der Waals surface area contributed by atoms with Gasteiger partial charge in [0.1, 0.15) is 11.6 Å². The normalized spacial score (nSPS) is 11.3. The molecule has 4 rings (SSSR count). The van der Waals surface area contributed by atoms with Crippen LogP contribution in [0.1, 0.15) is 6.92 Å². The van der Waals surface area contributed by atoms with Gasteiger partial charge in [0.15, 0.2) is 0 Å². The lowest BCUT2D eigenvalue weighted by Crippen LogP contribution is -2.14. The van der Waals surface area contributed by atoms with Crippen LogP contribution in [0.2, 0.25) is 0 Å². The molecule has 0 bridgehead atoms. The maximum Gasteiger partial charge on any atom is 0.234 e. The minimum atomic E-state index is -4.13. The standard InChI is InChI=1S/C25H21FN2O5S2/c1-2-32-20-12-10-19(11-13-20)27-22(29)16-34-25-24(28-23(33-25)17-6-4-3-5-7-17)35(30,31)21-14-8-18(26)9-15-21/h3-15H,2,16H2,1H3,(H,27,29). The number of carbonyl (C=O) groups is 1. The molecule has 1 heterocycles. The molecule has 0 spiro atoms. The van der Waals surface area contributed by atoms with Gasteiger partial charge in [-0.2, -0.15) is 4.98 Å². The number of aromatic nitrogens is 1. The first kappa shape index (κ1) is 24.5. The molecule has 3 aromatic carbocycles. The Balaban J connectivity index is 1.57. The van der Waals surface area contributed by atoms with Gasteiger partial charge in [0.25, 0.3) is 0 Å². The highest BCUT2D eigenvalue weighted by Crippen LogP contribution is 2.35. The lowest BCUT2D eigenvalue weighted by Gasteiger charge is -2.07. The van der Waals surface area contributed by atoms with Crippen molar-refractivity contribution in [2.75, 3.05) is 17.7 Å². The number of amides is 1. The molecule has 1 amide bonds. The number of hydrogen-bond donors (Lipinski definition) is 1. The van der Waals surface area contributed by atoms with E-state index in [-0.39, 0.29) is 32.6 Å². The fourth-order valence-electron chi connectivity index (χ4n) is 3.11. The summed E-state index contributed by atoms with van der Waals surface area (Å²) in [4.78, 5) is 16.6. The van der Waals surface area contributed by atoms with Crippen LogP contribution in [0, 0.1) is 5.82 Å². The van der Waals surface area contributed by atoms with Gasteiger partial charge in [0, 0.05) is 11.3 Å². The summed E-state index contributed by atoms with van der Waals surface area (Å²) >= 11 is 0.907. The molecule has 35 heavy (non-hydrogen) atoms. The van der Waals surface area contributed by atoms with Crippen molar-refractivity contribution >= 4 is 33.2 Å². The van der Waals surface area contributed by atoms with Crippen molar-refractivity contribution in [1.82, 2.24) is 4.98 Å². The summed E-state index contributed by atoms with van der Waals surface area (Å²) < 4.78 is 51.0. The third-order valence-corrected chi connectivity index (χ3v) is 7.50.